The van der Waals surface area contributed by atoms with Gasteiger partial charge in [-0.1, -0.05) is 43.3 Å². The molecule has 0 saturated carbocycles. The maximum atomic E-state index is 4.97. The Labute approximate surface area is 161 Å². The Morgan fingerprint density at radius 2 is 1.81 bits per heavy atom. The molecule has 4 rings (SSSR count). The number of likely N-dealkylation sites (tertiary alicyclic amines) is 1. The van der Waals surface area contributed by atoms with Crippen LogP contribution in [0.1, 0.15) is 42.8 Å². The average Bonchev–Trinajstić information content (AvgIpc) is 3.22. The maximum absolute atomic E-state index is 4.97. The second-order valence-electron chi connectivity index (χ2n) is 7.34. The summed E-state index contributed by atoms with van der Waals surface area (Å²) in [6.45, 7) is 5.61. The van der Waals surface area contributed by atoms with Crippen LogP contribution in [0.4, 0.5) is 0 Å². The van der Waals surface area contributed by atoms with Crippen LogP contribution < -0.4 is 0 Å². The molecule has 1 fully saturated rings. The molecule has 0 radical (unpaired) electrons. The lowest BCUT2D eigenvalue weighted by atomic mass is 9.93. The molecule has 140 valence electrons. The van der Waals surface area contributed by atoms with Crippen molar-refractivity contribution < 1.29 is 0 Å². The molecule has 1 aliphatic rings. The van der Waals surface area contributed by atoms with Gasteiger partial charge in [0.25, 0.3) is 0 Å². The van der Waals surface area contributed by atoms with E-state index in [-0.39, 0.29) is 0 Å². The molecule has 0 spiro atoms. The predicted octanol–water partition coefficient (Wildman–Crippen LogP) is 4.25. The third kappa shape index (κ3) is 4.28. The maximum Gasteiger partial charge on any atom is 0.138 e. The summed E-state index contributed by atoms with van der Waals surface area (Å²) in [5.74, 6) is 2.62. The fraction of sp³-hybridized carbons (Fsp3) is 0.391. The lowest BCUT2D eigenvalue weighted by Gasteiger charge is -2.31. The molecule has 1 aliphatic heterocycles. The van der Waals surface area contributed by atoms with Gasteiger partial charge in [-0.3, -0.25) is 4.57 Å². The summed E-state index contributed by atoms with van der Waals surface area (Å²) < 4.78 is 2.11. The highest BCUT2D eigenvalue weighted by Gasteiger charge is 2.21. The Kier molecular flexibility index (Phi) is 5.64. The Hall–Kier alpha value is -2.46. The fourth-order valence-corrected chi connectivity index (χ4v) is 3.99. The second-order valence-corrected chi connectivity index (χ2v) is 7.34. The number of nitrogens with zero attached hydrogens (tertiary/aromatic N) is 4. The van der Waals surface area contributed by atoms with Gasteiger partial charge < -0.3 is 4.90 Å². The summed E-state index contributed by atoms with van der Waals surface area (Å²) in [7, 11) is 0. The van der Waals surface area contributed by atoms with Crippen LogP contribution in [0.5, 0.6) is 0 Å². The van der Waals surface area contributed by atoms with E-state index in [2.05, 4.69) is 69.9 Å². The van der Waals surface area contributed by atoms with Crippen molar-refractivity contribution in [2.24, 2.45) is 0 Å². The van der Waals surface area contributed by atoms with Crippen molar-refractivity contribution in [3.8, 4) is 5.82 Å². The topological polar surface area (TPSA) is 34.0 Å². The lowest BCUT2D eigenvalue weighted by molar-refractivity contribution is 0.213. The van der Waals surface area contributed by atoms with E-state index in [4.69, 9.17) is 4.98 Å². The van der Waals surface area contributed by atoms with Crippen molar-refractivity contribution in [3.05, 3.63) is 78.0 Å². The Morgan fingerprint density at radius 3 is 2.59 bits per heavy atom. The van der Waals surface area contributed by atoms with Gasteiger partial charge in [-0.2, -0.15) is 0 Å². The van der Waals surface area contributed by atoms with E-state index in [9.17, 15) is 0 Å². The molecule has 3 heterocycles. The first-order valence-electron chi connectivity index (χ1n) is 10.1. The number of hydrogen-bond donors (Lipinski definition) is 0. The summed E-state index contributed by atoms with van der Waals surface area (Å²) >= 11 is 0. The molecule has 1 aromatic carbocycles. The molecular formula is C23H28N4. The highest BCUT2D eigenvalue weighted by molar-refractivity contribution is 5.28. The molecule has 1 saturated heterocycles. The van der Waals surface area contributed by atoms with Crippen LogP contribution in [0.3, 0.4) is 0 Å². The molecule has 0 amide bonds. The average molecular weight is 361 g/mol. The van der Waals surface area contributed by atoms with Crippen molar-refractivity contribution in [2.45, 2.75) is 38.5 Å². The van der Waals surface area contributed by atoms with Gasteiger partial charge in [0, 0.05) is 37.0 Å². The molecule has 0 aliphatic carbocycles. The summed E-state index contributed by atoms with van der Waals surface area (Å²) in [6, 6.07) is 17.2. The normalized spacial score (nSPS) is 15.9. The van der Waals surface area contributed by atoms with Crippen molar-refractivity contribution in [1.29, 1.82) is 0 Å². The number of piperidine rings is 1. The number of rotatable bonds is 6. The summed E-state index contributed by atoms with van der Waals surface area (Å²) in [4.78, 5) is 12.0. The molecule has 27 heavy (non-hydrogen) atoms. The Bertz CT molecular complexity index is 848. The third-order valence-electron chi connectivity index (χ3n) is 5.60. The zero-order chi connectivity index (χ0) is 18.5. The van der Waals surface area contributed by atoms with E-state index in [1.807, 2.05) is 12.4 Å². The van der Waals surface area contributed by atoms with Gasteiger partial charge in [-0.25, -0.2) is 9.97 Å². The Balaban J connectivity index is 1.36. The van der Waals surface area contributed by atoms with Gasteiger partial charge in [0.15, 0.2) is 0 Å². The fourth-order valence-electron chi connectivity index (χ4n) is 3.99. The van der Waals surface area contributed by atoms with Gasteiger partial charge in [-0.05, 0) is 50.0 Å². The number of benzene rings is 1. The smallest absolute Gasteiger partial charge is 0.138 e. The lowest BCUT2D eigenvalue weighted by Crippen LogP contribution is -2.34. The SMILES string of the molecule is CCc1nccn1-c1cccc(C2CCN(CCc3ccccc3)CC2)n1. The Morgan fingerprint density at radius 1 is 1.00 bits per heavy atom. The third-order valence-corrected chi connectivity index (χ3v) is 5.60. The van der Waals surface area contributed by atoms with Crippen LogP contribution in [0.2, 0.25) is 0 Å². The summed E-state index contributed by atoms with van der Waals surface area (Å²) in [5.41, 5.74) is 2.66. The van der Waals surface area contributed by atoms with Gasteiger partial charge in [0.2, 0.25) is 0 Å². The molecule has 2 aromatic heterocycles. The minimum atomic E-state index is 0.562. The number of aryl methyl sites for hydroxylation is 1. The minimum absolute atomic E-state index is 0.562. The number of hydrogen-bond acceptors (Lipinski definition) is 3. The first-order valence-corrected chi connectivity index (χ1v) is 10.1. The van der Waals surface area contributed by atoms with Crippen LogP contribution in [-0.2, 0) is 12.8 Å². The zero-order valence-electron chi connectivity index (χ0n) is 16.1. The van der Waals surface area contributed by atoms with Gasteiger partial charge in [0.05, 0.1) is 0 Å². The molecule has 4 heteroatoms. The zero-order valence-corrected chi connectivity index (χ0v) is 16.1. The number of aromatic nitrogens is 3. The number of imidazole rings is 1. The molecule has 0 N–H and O–H groups in total. The van der Waals surface area contributed by atoms with E-state index in [1.54, 1.807) is 0 Å². The first-order chi connectivity index (χ1) is 13.3. The minimum Gasteiger partial charge on any atom is -0.303 e. The molecule has 4 nitrogen and oxygen atoms in total. The van der Waals surface area contributed by atoms with Crippen LogP contribution in [0, 0.1) is 0 Å². The van der Waals surface area contributed by atoms with Gasteiger partial charge in [0.1, 0.15) is 11.6 Å². The standard InChI is InChI=1S/C23H28N4/c1-2-22-24-14-18-27(22)23-10-6-9-21(25-23)20-12-16-26(17-13-20)15-11-19-7-4-3-5-8-19/h3-10,14,18,20H,2,11-13,15-17H2,1H3. The second kappa shape index (κ2) is 8.49. The largest absolute Gasteiger partial charge is 0.303 e. The quantitative estimate of drug-likeness (QED) is 0.659. The highest BCUT2D eigenvalue weighted by atomic mass is 15.1. The molecule has 0 bridgehead atoms. The van der Waals surface area contributed by atoms with Gasteiger partial charge in [-0.15, -0.1) is 0 Å². The van der Waals surface area contributed by atoms with Crippen molar-refractivity contribution in [2.75, 3.05) is 19.6 Å². The van der Waals surface area contributed by atoms with E-state index < -0.39 is 0 Å². The van der Waals surface area contributed by atoms with Crippen LogP contribution in [-0.4, -0.2) is 39.1 Å². The monoisotopic (exact) mass is 360 g/mol. The van der Waals surface area contributed by atoms with Crippen LogP contribution >= 0.6 is 0 Å². The molecule has 0 unspecified atom stereocenters. The predicted molar refractivity (Wildman–Crippen MR) is 109 cm³/mol. The van der Waals surface area contributed by atoms with E-state index >= 15 is 0 Å². The molecule has 0 atom stereocenters. The highest BCUT2D eigenvalue weighted by Crippen LogP contribution is 2.27. The summed E-state index contributed by atoms with van der Waals surface area (Å²) in [5, 5.41) is 0. The van der Waals surface area contributed by atoms with Crippen molar-refractivity contribution in [3.63, 3.8) is 0 Å². The molecular weight excluding hydrogens is 332 g/mol. The van der Waals surface area contributed by atoms with E-state index in [1.165, 1.54) is 24.1 Å². The summed E-state index contributed by atoms with van der Waals surface area (Å²) in [6.07, 6.45) is 8.31. The van der Waals surface area contributed by atoms with Crippen molar-refractivity contribution in [1.82, 2.24) is 19.4 Å². The van der Waals surface area contributed by atoms with Gasteiger partial charge >= 0.3 is 0 Å². The first kappa shape index (κ1) is 17.9. The van der Waals surface area contributed by atoms with E-state index in [0.29, 0.717) is 5.92 Å². The van der Waals surface area contributed by atoms with Crippen molar-refractivity contribution >= 4 is 0 Å². The van der Waals surface area contributed by atoms with Crippen LogP contribution in [0.25, 0.3) is 5.82 Å². The molecule has 3 aromatic rings. The van der Waals surface area contributed by atoms with E-state index in [0.717, 1.165) is 44.1 Å². The number of pyridine rings is 1. The van der Waals surface area contributed by atoms with Crippen LogP contribution in [0.15, 0.2) is 60.9 Å².